The van der Waals surface area contributed by atoms with E-state index in [0.29, 0.717) is 12.6 Å². The second-order valence-corrected chi connectivity index (χ2v) is 6.68. The summed E-state index contributed by atoms with van der Waals surface area (Å²) in [6.45, 7) is 8.15. The third-order valence-electron chi connectivity index (χ3n) is 3.54. The Balaban J connectivity index is 1.91. The van der Waals surface area contributed by atoms with E-state index in [4.69, 9.17) is 4.74 Å². The summed E-state index contributed by atoms with van der Waals surface area (Å²) in [5.74, 6) is 0. The molecule has 3 N–H and O–H groups in total. The van der Waals surface area contributed by atoms with E-state index in [1.807, 2.05) is 39.0 Å². The van der Waals surface area contributed by atoms with E-state index < -0.39 is 5.60 Å². The van der Waals surface area contributed by atoms with Gasteiger partial charge in [0, 0.05) is 18.3 Å². The highest BCUT2D eigenvalue weighted by atomic mass is 16.6. The predicted octanol–water partition coefficient (Wildman–Crippen LogP) is 2.88. The fraction of sp³-hybridized carbons (Fsp3) is 0.588. The van der Waals surface area contributed by atoms with Crippen LogP contribution in [0.1, 0.15) is 39.2 Å². The van der Waals surface area contributed by atoms with Crippen LogP contribution in [0.5, 0.6) is 0 Å². The minimum absolute atomic E-state index is 0.385. The third kappa shape index (κ3) is 5.56. The van der Waals surface area contributed by atoms with Crippen molar-refractivity contribution in [3.8, 4) is 0 Å². The Bertz CT molecular complexity index is 491. The van der Waals surface area contributed by atoms with E-state index in [2.05, 4.69) is 22.0 Å². The summed E-state index contributed by atoms with van der Waals surface area (Å²) in [6.07, 6.45) is 1.85. The Morgan fingerprint density at radius 1 is 1.27 bits per heavy atom. The lowest BCUT2D eigenvalue weighted by molar-refractivity contribution is 0.0523. The lowest BCUT2D eigenvalue weighted by Gasteiger charge is -2.26. The quantitative estimate of drug-likeness (QED) is 0.800. The molecule has 1 fully saturated rings. The zero-order valence-electron chi connectivity index (χ0n) is 13.7. The maximum Gasteiger partial charge on any atom is 0.407 e. The number of para-hydroxylation sites is 1. The molecule has 5 nitrogen and oxygen atoms in total. The van der Waals surface area contributed by atoms with E-state index in [-0.39, 0.29) is 6.09 Å². The van der Waals surface area contributed by atoms with Crippen molar-refractivity contribution in [3.05, 3.63) is 29.8 Å². The number of alkyl carbamates (subject to hydrolysis) is 1. The SMILES string of the molecule is CC(C)(C)OC(=O)NCc1ccccc1NC1CCNCC1. The first-order chi connectivity index (χ1) is 10.4. The Morgan fingerprint density at radius 3 is 2.64 bits per heavy atom. The molecule has 1 heterocycles. The van der Waals surface area contributed by atoms with Gasteiger partial charge in [0.15, 0.2) is 0 Å². The number of carbonyl (C=O) groups excluding carboxylic acids is 1. The zero-order chi connectivity index (χ0) is 16.0. The Morgan fingerprint density at radius 2 is 1.95 bits per heavy atom. The van der Waals surface area contributed by atoms with Crippen LogP contribution in [0.2, 0.25) is 0 Å². The molecule has 0 atom stereocenters. The van der Waals surface area contributed by atoms with Crippen molar-refractivity contribution in [2.24, 2.45) is 0 Å². The van der Waals surface area contributed by atoms with Gasteiger partial charge in [-0.3, -0.25) is 0 Å². The number of amides is 1. The van der Waals surface area contributed by atoms with Crippen LogP contribution in [0.25, 0.3) is 0 Å². The maximum atomic E-state index is 11.8. The van der Waals surface area contributed by atoms with Gasteiger partial charge >= 0.3 is 6.09 Å². The lowest BCUT2D eigenvalue weighted by atomic mass is 10.1. The summed E-state index contributed by atoms with van der Waals surface area (Å²) in [5.41, 5.74) is 1.69. The number of anilines is 1. The number of rotatable bonds is 4. The molecule has 22 heavy (non-hydrogen) atoms. The first-order valence-electron chi connectivity index (χ1n) is 7.96. The average molecular weight is 305 g/mol. The van der Waals surface area contributed by atoms with Crippen molar-refractivity contribution in [3.63, 3.8) is 0 Å². The highest BCUT2D eigenvalue weighted by molar-refractivity contribution is 5.68. The van der Waals surface area contributed by atoms with E-state index >= 15 is 0 Å². The molecule has 1 aromatic carbocycles. The topological polar surface area (TPSA) is 62.4 Å². The molecular weight excluding hydrogens is 278 g/mol. The molecule has 1 aliphatic rings. The summed E-state index contributed by atoms with van der Waals surface area (Å²) < 4.78 is 5.27. The lowest BCUT2D eigenvalue weighted by Crippen LogP contribution is -2.36. The molecule has 0 radical (unpaired) electrons. The maximum absolute atomic E-state index is 11.8. The van der Waals surface area contributed by atoms with Crippen LogP contribution in [0, 0.1) is 0 Å². The van der Waals surface area contributed by atoms with Gasteiger partial charge in [0.05, 0.1) is 0 Å². The minimum atomic E-state index is -0.475. The number of hydrogen-bond donors (Lipinski definition) is 3. The van der Waals surface area contributed by atoms with Crippen LogP contribution < -0.4 is 16.0 Å². The molecule has 0 saturated carbocycles. The molecule has 2 rings (SSSR count). The van der Waals surface area contributed by atoms with Gasteiger partial charge in [-0.25, -0.2) is 4.79 Å². The summed E-state index contributed by atoms with van der Waals surface area (Å²) >= 11 is 0. The van der Waals surface area contributed by atoms with Gasteiger partial charge in [0.25, 0.3) is 0 Å². The predicted molar refractivity (Wildman–Crippen MR) is 89.0 cm³/mol. The summed E-state index contributed by atoms with van der Waals surface area (Å²) in [6, 6.07) is 8.58. The molecule has 0 unspecified atom stereocenters. The molecule has 1 aliphatic heterocycles. The van der Waals surface area contributed by atoms with E-state index in [1.165, 1.54) is 0 Å². The van der Waals surface area contributed by atoms with Gasteiger partial charge in [-0.15, -0.1) is 0 Å². The molecule has 0 aliphatic carbocycles. The van der Waals surface area contributed by atoms with Crippen molar-refractivity contribution in [2.45, 2.75) is 51.8 Å². The molecular formula is C17H27N3O2. The van der Waals surface area contributed by atoms with Crippen LogP contribution in [-0.4, -0.2) is 30.8 Å². The molecule has 5 heteroatoms. The van der Waals surface area contributed by atoms with Crippen LogP contribution in [-0.2, 0) is 11.3 Å². The van der Waals surface area contributed by atoms with Crippen molar-refractivity contribution < 1.29 is 9.53 Å². The Labute approximate surface area is 132 Å². The number of benzene rings is 1. The van der Waals surface area contributed by atoms with Crippen LogP contribution in [0.4, 0.5) is 10.5 Å². The zero-order valence-corrected chi connectivity index (χ0v) is 13.7. The normalized spacial score (nSPS) is 16.1. The monoisotopic (exact) mass is 305 g/mol. The molecule has 1 aromatic rings. The molecule has 0 aromatic heterocycles. The number of ether oxygens (including phenoxy) is 1. The Kier molecular flexibility index (Phi) is 5.66. The fourth-order valence-corrected chi connectivity index (χ4v) is 2.48. The summed E-state index contributed by atoms with van der Waals surface area (Å²) in [4.78, 5) is 11.8. The molecule has 1 amide bonds. The van der Waals surface area contributed by atoms with Crippen LogP contribution >= 0.6 is 0 Å². The largest absolute Gasteiger partial charge is 0.444 e. The Hall–Kier alpha value is -1.75. The smallest absolute Gasteiger partial charge is 0.407 e. The van der Waals surface area contributed by atoms with Gasteiger partial charge in [0.1, 0.15) is 5.60 Å². The second-order valence-electron chi connectivity index (χ2n) is 6.68. The van der Waals surface area contributed by atoms with Crippen molar-refractivity contribution in [2.75, 3.05) is 18.4 Å². The van der Waals surface area contributed by atoms with Gasteiger partial charge in [-0.05, 0) is 58.3 Å². The molecule has 0 spiro atoms. The highest BCUT2D eigenvalue weighted by Crippen LogP contribution is 2.19. The third-order valence-corrected chi connectivity index (χ3v) is 3.54. The van der Waals surface area contributed by atoms with Gasteiger partial charge in [0.2, 0.25) is 0 Å². The summed E-state index contributed by atoms with van der Waals surface area (Å²) in [7, 11) is 0. The minimum Gasteiger partial charge on any atom is -0.444 e. The summed E-state index contributed by atoms with van der Waals surface area (Å²) in [5, 5.41) is 9.77. The van der Waals surface area contributed by atoms with E-state index in [1.54, 1.807) is 0 Å². The van der Waals surface area contributed by atoms with Crippen LogP contribution in [0.3, 0.4) is 0 Å². The highest BCUT2D eigenvalue weighted by Gasteiger charge is 2.17. The van der Waals surface area contributed by atoms with Gasteiger partial charge in [-0.1, -0.05) is 18.2 Å². The first kappa shape index (κ1) is 16.6. The fourth-order valence-electron chi connectivity index (χ4n) is 2.48. The second kappa shape index (κ2) is 7.49. The van der Waals surface area contributed by atoms with Crippen molar-refractivity contribution in [1.29, 1.82) is 0 Å². The number of piperidine rings is 1. The molecule has 1 saturated heterocycles. The van der Waals surface area contributed by atoms with Crippen molar-refractivity contribution in [1.82, 2.24) is 10.6 Å². The van der Waals surface area contributed by atoms with Gasteiger partial charge < -0.3 is 20.7 Å². The standard InChI is InChI=1S/C17H27N3O2/c1-17(2,3)22-16(21)19-12-13-6-4-5-7-15(13)20-14-8-10-18-11-9-14/h4-7,14,18,20H,8-12H2,1-3H3,(H,19,21). The van der Waals surface area contributed by atoms with E-state index in [9.17, 15) is 4.79 Å². The number of hydrogen-bond acceptors (Lipinski definition) is 4. The van der Waals surface area contributed by atoms with Crippen molar-refractivity contribution >= 4 is 11.8 Å². The molecule has 0 bridgehead atoms. The van der Waals surface area contributed by atoms with Crippen LogP contribution in [0.15, 0.2) is 24.3 Å². The first-order valence-corrected chi connectivity index (χ1v) is 7.96. The molecule has 122 valence electrons. The average Bonchev–Trinajstić information content (AvgIpc) is 2.46. The number of carbonyl (C=O) groups is 1. The number of nitrogens with one attached hydrogen (secondary N) is 3. The van der Waals surface area contributed by atoms with Gasteiger partial charge in [-0.2, -0.15) is 0 Å². The van der Waals surface area contributed by atoms with E-state index in [0.717, 1.165) is 37.2 Å².